The largest absolute Gasteiger partial charge is 0.280 e. The Morgan fingerprint density at radius 3 is 2.67 bits per heavy atom. The number of benzene rings is 1. The molecule has 84 valence electrons. The molecule has 0 aliphatic heterocycles. The van der Waals surface area contributed by atoms with E-state index in [4.69, 9.17) is 23.2 Å². The van der Waals surface area contributed by atoms with Crippen molar-refractivity contribution in [3.05, 3.63) is 29.0 Å². The molecular formula is C8H8Cl2FNO2S. The van der Waals surface area contributed by atoms with Gasteiger partial charge in [0, 0.05) is 5.88 Å². The highest BCUT2D eigenvalue weighted by Gasteiger charge is 2.13. The quantitative estimate of drug-likeness (QED) is 0.856. The summed E-state index contributed by atoms with van der Waals surface area (Å²) in [6, 6.07) is 4.06. The van der Waals surface area contributed by atoms with Gasteiger partial charge < -0.3 is 0 Å². The molecule has 0 saturated carbocycles. The number of rotatable bonds is 4. The first-order chi connectivity index (χ1) is 6.96. The highest BCUT2D eigenvalue weighted by atomic mass is 35.5. The molecule has 7 heteroatoms. The summed E-state index contributed by atoms with van der Waals surface area (Å²) < 4.78 is 37.9. The van der Waals surface area contributed by atoms with E-state index < -0.39 is 15.8 Å². The minimum Gasteiger partial charge on any atom is -0.280 e. The molecule has 1 rings (SSSR count). The van der Waals surface area contributed by atoms with Crippen molar-refractivity contribution < 1.29 is 12.8 Å². The molecule has 0 bridgehead atoms. The molecule has 3 nitrogen and oxygen atoms in total. The van der Waals surface area contributed by atoms with Gasteiger partial charge in [-0.25, -0.2) is 12.8 Å². The summed E-state index contributed by atoms with van der Waals surface area (Å²) in [5, 5.41) is -0.138. The predicted octanol–water partition coefficient (Wildman–Crippen LogP) is 2.46. The Kier molecular flexibility index (Phi) is 4.19. The van der Waals surface area contributed by atoms with Gasteiger partial charge >= 0.3 is 0 Å². The third-order valence-electron chi connectivity index (χ3n) is 1.56. The average molecular weight is 272 g/mol. The monoisotopic (exact) mass is 271 g/mol. The number of anilines is 1. The summed E-state index contributed by atoms with van der Waals surface area (Å²) in [4.78, 5) is 0. The van der Waals surface area contributed by atoms with Crippen LogP contribution in [-0.4, -0.2) is 20.1 Å². The molecule has 0 fully saturated rings. The standard InChI is InChI=1S/C8H8Cl2FNO2S/c9-4-5-15(13,14)12-7-3-1-2-6(10)8(7)11/h1-3,12H,4-5H2. The number of hydrogen-bond acceptors (Lipinski definition) is 2. The van der Waals surface area contributed by atoms with E-state index in [1.807, 2.05) is 0 Å². The summed E-state index contributed by atoms with van der Waals surface area (Å²) in [5.41, 5.74) is -0.174. The molecule has 0 aliphatic rings. The fourth-order valence-corrected chi connectivity index (χ4v) is 2.48. The van der Waals surface area contributed by atoms with Gasteiger partial charge in [0.2, 0.25) is 10.0 Å². The van der Waals surface area contributed by atoms with Gasteiger partial charge in [0.15, 0.2) is 5.82 Å². The van der Waals surface area contributed by atoms with Crippen LogP contribution in [0.15, 0.2) is 18.2 Å². The van der Waals surface area contributed by atoms with Gasteiger partial charge in [0.25, 0.3) is 0 Å². The van der Waals surface area contributed by atoms with Crippen molar-refractivity contribution in [1.82, 2.24) is 0 Å². The second-order valence-electron chi connectivity index (χ2n) is 2.71. The Bertz CT molecular complexity index is 450. The molecule has 0 aromatic heterocycles. The SMILES string of the molecule is O=S(=O)(CCCl)Nc1cccc(Cl)c1F. The lowest BCUT2D eigenvalue weighted by atomic mass is 10.3. The van der Waals surface area contributed by atoms with E-state index in [0.717, 1.165) is 0 Å². The smallest absolute Gasteiger partial charge is 0.233 e. The first-order valence-electron chi connectivity index (χ1n) is 3.97. The van der Waals surface area contributed by atoms with Crippen LogP contribution < -0.4 is 4.72 Å². The fraction of sp³-hybridized carbons (Fsp3) is 0.250. The van der Waals surface area contributed by atoms with E-state index in [0.29, 0.717) is 0 Å². The molecule has 1 N–H and O–H groups in total. The van der Waals surface area contributed by atoms with E-state index in [9.17, 15) is 12.8 Å². The summed E-state index contributed by atoms with van der Waals surface area (Å²) >= 11 is 10.8. The molecule has 0 spiro atoms. The van der Waals surface area contributed by atoms with Crippen LogP contribution in [0.2, 0.25) is 5.02 Å². The topological polar surface area (TPSA) is 46.2 Å². The second kappa shape index (κ2) is 5.01. The van der Waals surface area contributed by atoms with Crippen LogP contribution in [0.5, 0.6) is 0 Å². The van der Waals surface area contributed by atoms with Gasteiger partial charge in [-0.1, -0.05) is 17.7 Å². The summed E-state index contributed by atoms with van der Waals surface area (Å²) in [6.07, 6.45) is 0. The zero-order chi connectivity index (χ0) is 11.5. The Morgan fingerprint density at radius 1 is 1.40 bits per heavy atom. The highest BCUT2D eigenvalue weighted by molar-refractivity contribution is 7.92. The van der Waals surface area contributed by atoms with E-state index in [1.165, 1.54) is 18.2 Å². The van der Waals surface area contributed by atoms with Crippen molar-refractivity contribution in [2.75, 3.05) is 16.4 Å². The second-order valence-corrected chi connectivity index (χ2v) is 5.34. The van der Waals surface area contributed by atoms with Gasteiger partial charge in [-0.15, -0.1) is 11.6 Å². The lowest BCUT2D eigenvalue weighted by Crippen LogP contribution is -2.18. The van der Waals surface area contributed by atoms with Crippen LogP contribution in [0.1, 0.15) is 0 Å². The molecule has 0 saturated heterocycles. The minimum atomic E-state index is -3.60. The number of nitrogens with one attached hydrogen (secondary N) is 1. The van der Waals surface area contributed by atoms with Crippen LogP contribution in [0.25, 0.3) is 0 Å². The van der Waals surface area contributed by atoms with E-state index in [2.05, 4.69) is 4.72 Å². The van der Waals surface area contributed by atoms with Crippen LogP contribution in [-0.2, 0) is 10.0 Å². The number of hydrogen-bond donors (Lipinski definition) is 1. The van der Waals surface area contributed by atoms with Crippen molar-refractivity contribution in [2.24, 2.45) is 0 Å². The molecule has 0 amide bonds. The van der Waals surface area contributed by atoms with Gasteiger partial charge in [-0.2, -0.15) is 0 Å². The maximum atomic E-state index is 13.3. The molecule has 1 aromatic rings. The average Bonchev–Trinajstić information content (AvgIpc) is 2.12. The van der Waals surface area contributed by atoms with Crippen molar-refractivity contribution in [1.29, 1.82) is 0 Å². The third-order valence-corrected chi connectivity index (χ3v) is 3.54. The predicted molar refractivity (Wildman–Crippen MR) is 59.5 cm³/mol. The minimum absolute atomic E-state index is 0.0580. The van der Waals surface area contributed by atoms with Crippen molar-refractivity contribution in [2.45, 2.75) is 0 Å². The molecule has 0 aliphatic carbocycles. The summed E-state index contributed by atoms with van der Waals surface area (Å²) in [5.74, 6) is -1.13. The Balaban J connectivity index is 2.95. The summed E-state index contributed by atoms with van der Waals surface area (Å²) in [6.45, 7) is 0. The van der Waals surface area contributed by atoms with Gasteiger partial charge in [-0.05, 0) is 12.1 Å². The van der Waals surface area contributed by atoms with Gasteiger partial charge in [-0.3, -0.25) is 4.72 Å². The first kappa shape index (κ1) is 12.5. The Labute approximate surface area is 97.2 Å². The lowest BCUT2D eigenvalue weighted by molar-refractivity contribution is 0.600. The molecule has 15 heavy (non-hydrogen) atoms. The van der Waals surface area contributed by atoms with Gasteiger partial charge in [0.05, 0.1) is 16.5 Å². The number of alkyl halides is 1. The first-order valence-corrected chi connectivity index (χ1v) is 6.53. The number of sulfonamides is 1. The Morgan fingerprint density at radius 2 is 2.07 bits per heavy atom. The molecule has 1 aromatic carbocycles. The fourth-order valence-electron chi connectivity index (χ4n) is 0.903. The van der Waals surface area contributed by atoms with Crippen molar-refractivity contribution in [3.8, 4) is 0 Å². The van der Waals surface area contributed by atoms with Crippen LogP contribution in [0.4, 0.5) is 10.1 Å². The Hall–Kier alpha value is -0.520. The lowest BCUT2D eigenvalue weighted by Gasteiger charge is -2.07. The highest BCUT2D eigenvalue weighted by Crippen LogP contribution is 2.22. The van der Waals surface area contributed by atoms with Crippen LogP contribution >= 0.6 is 23.2 Å². The molecular weight excluding hydrogens is 264 g/mol. The maximum absolute atomic E-state index is 13.3. The van der Waals surface area contributed by atoms with Crippen LogP contribution in [0, 0.1) is 5.82 Å². The van der Waals surface area contributed by atoms with E-state index in [-0.39, 0.29) is 22.3 Å². The normalized spacial score (nSPS) is 11.4. The number of halogens is 3. The zero-order valence-corrected chi connectivity index (χ0v) is 9.83. The molecule has 0 atom stereocenters. The van der Waals surface area contributed by atoms with E-state index in [1.54, 1.807) is 0 Å². The molecule has 0 unspecified atom stereocenters. The van der Waals surface area contributed by atoms with E-state index >= 15 is 0 Å². The van der Waals surface area contributed by atoms with Crippen LogP contribution in [0.3, 0.4) is 0 Å². The molecule has 0 heterocycles. The van der Waals surface area contributed by atoms with Crippen molar-refractivity contribution >= 4 is 38.9 Å². The zero-order valence-electron chi connectivity index (χ0n) is 7.50. The molecule has 0 radical (unpaired) electrons. The maximum Gasteiger partial charge on any atom is 0.233 e. The summed E-state index contributed by atoms with van der Waals surface area (Å²) in [7, 11) is -3.60. The van der Waals surface area contributed by atoms with Gasteiger partial charge in [0.1, 0.15) is 0 Å². The van der Waals surface area contributed by atoms with Crippen molar-refractivity contribution in [3.63, 3.8) is 0 Å². The third kappa shape index (κ3) is 3.52.